The molecule has 4 rings (SSSR count). The topological polar surface area (TPSA) is 70.2 Å². The van der Waals surface area contributed by atoms with Gasteiger partial charge in [0, 0.05) is 35.2 Å². The SMILES string of the molecule is Cc1cc(C)nc(Nc2cccc(C(=O)NC[C@@H]3CCCN4CCCC[C@@H]34)c2)n1. The van der Waals surface area contributed by atoms with Crippen LogP contribution in [0.5, 0.6) is 0 Å². The number of carbonyl (C=O) groups is 1. The number of amides is 1. The molecule has 2 aliphatic rings. The predicted molar refractivity (Wildman–Crippen MR) is 115 cm³/mol. The van der Waals surface area contributed by atoms with E-state index in [0.717, 1.165) is 23.6 Å². The van der Waals surface area contributed by atoms with Crippen LogP contribution in [-0.2, 0) is 0 Å². The highest BCUT2D eigenvalue weighted by molar-refractivity contribution is 5.95. The Morgan fingerprint density at radius 3 is 2.69 bits per heavy atom. The second kappa shape index (κ2) is 8.91. The van der Waals surface area contributed by atoms with Crippen molar-refractivity contribution < 1.29 is 4.79 Å². The van der Waals surface area contributed by atoms with Crippen molar-refractivity contribution >= 4 is 17.5 Å². The molecular weight excluding hydrogens is 362 g/mol. The van der Waals surface area contributed by atoms with Gasteiger partial charge in [-0.1, -0.05) is 12.5 Å². The van der Waals surface area contributed by atoms with E-state index in [4.69, 9.17) is 0 Å². The minimum Gasteiger partial charge on any atom is -0.352 e. The molecule has 2 fully saturated rings. The minimum atomic E-state index is -0.0112. The first kappa shape index (κ1) is 19.8. The molecule has 2 atom stereocenters. The quantitative estimate of drug-likeness (QED) is 0.808. The van der Waals surface area contributed by atoms with E-state index in [2.05, 4.69) is 25.5 Å². The number of aromatic nitrogens is 2. The fourth-order valence-electron chi connectivity index (χ4n) is 4.79. The Balaban J connectivity index is 1.38. The Kier molecular flexibility index (Phi) is 6.09. The molecule has 0 radical (unpaired) electrons. The largest absolute Gasteiger partial charge is 0.352 e. The summed E-state index contributed by atoms with van der Waals surface area (Å²) >= 11 is 0. The highest BCUT2D eigenvalue weighted by Gasteiger charge is 2.32. The Morgan fingerprint density at radius 2 is 1.86 bits per heavy atom. The molecule has 0 saturated carbocycles. The molecule has 1 amide bonds. The average Bonchev–Trinajstić information content (AvgIpc) is 2.71. The van der Waals surface area contributed by atoms with Crippen LogP contribution in [0.2, 0.25) is 0 Å². The third-order valence-electron chi connectivity index (χ3n) is 6.12. The normalized spacial score (nSPS) is 22.0. The minimum absolute atomic E-state index is 0.0112. The second-order valence-electron chi connectivity index (χ2n) is 8.39. The van der Waals surface area contributed by atoms with Gasteiger partial charge in [-0.3, -0.25) is 4.79 Å². The lowest BCUT2D eigenvalue weighted by molar-refractivity contribution is 0.0575. The van der Waals surface area contributed by atoms with Crippen molar-refractivity contribution in [1.82, 2.24) is 20.2 Å². The predicted octanol–water partition coefficient (Wildman–Crippen LogP) is 3.83. The third-order valence-corrected chi connectivity index (χ3v) is 6.12. The molecule has 2 N–H and O–H groups in total. The van der Waals surface area contributed by atoms with Gasteiger partial charge in [0.1, 0.15) is 0 Å². The lowest BCUT2D eigenvalue weighted by atomic mass is 9.83. The van der Waals surface area contributed by atoms with Gasteiger partial charge in [0.15, 0.2) is 0 Å². The maximum Gasteiger partial charge on any atom is 0.251 e. The fourth-order valence-corrected chi connectivity index (χ4v) is 4.79. The summed E-state index contributed by atoms with van der Waals surface area (Å²) in [6, 6.07) is 10.1. The van der Waals surface area contributed by atoms with E-state index in [0.29, 0.717) is 23.5 Å². The van der Waals surface area contributed by atoms with Gasteiger partial charge in [-0.2, -0.15) is 0 Å². The summed E-state index contributed by atoms with van der Waals surface area (Å²) < 4.78 is 0. The van der Waals surface area contributed by atoms with Gasteiger partial charge in [-0.05, 0) is 82.8 Å². The number of piperidine rings is 2. The summed E-state index contributed by atoms with van der Waals surface area (Å²) in [6.07, 6.45) is 6.37. The molecule has 0 spiro atoms. The summed E-state index contributed by atoms with van der Waals surface area (Å²) in [7, 11) is 0. The van der Waals surface area contributed by atoms with E-state index in [9.17, 15) is 4.79 Å². The Bertz CT molecular complexity index is 846. The van der Waals surface area contributed by atoms with Crippen LogP contribution in [0.25, 0.3) is 0 Å². The first-order valence-corrected chi connectivity index (χ1v) is 10.8. The number of aryl methyl sites for hydroxylation is 2. The van der Waals surface area contributed by atoms with Crippen molar-refractivity contribution in [2.45, 2.75) is 52.0 Å². The standard InChI is InChI=1S/C23H31N5O/c1-16-13-17(2)26-23(25-16)27-20-9-5-7-18(14-20)22(29)24-15-19-8-6-12-28-11-4-3-10-21(19)28/h5,7,9,13-14,19,21H,3-4,6,8,10-12,15H2,1-2H3,(H,24,29)(H,25,26,27)/t19-,21-/m0/s1. The number of hydrogen-bond acceptors (Lipinski definition) is 5. The van der Waals surface area contributed by atoms with Crippen LogP contribution >= 0.6 is 0 Å². The molecular formula is C23H31N5O. The van der Waals surface area contributed by atoms with Crippen molar-refractivity contribution in [2.24, 2.45) is 5.92 Å². The van der Waals surface area contributed by atoms with E-state index in [1.807, 2.05) is 44.2 Å². The van der Waals surface area contributed by atoms with E-state index in [1.54, 1.807) is 0 Å². The molecule has 154 valence electrons. The maximum absolute atomic E-state index is 12.8. The number of fused-ring (bicyclic) bond motifs is 1. The first-order chi connectivity index (χ1) is 14.1. The molecule has 6 heteroatoms. The maximum atomic E-state index is 12.8. The van der Waals surface area contributed by atoms with Gasteiger partial charge in [0.25, 0.3) is 5.91 Å². The van der Waals surface area contributed by atoms with Crippen LogP contribution in [0.3, 0.4) is 0 Å². The van der Waals surface area contributed by atoms with Crippen molar-refractivity contribution in [1.29, 1.82) is 0 Å². The summed E-state index contributed by atoms with van der Waals surface area (Å²) in [6.45, 7) is 7.11. The van der Waals surface area contributed by atoms with Gasteiger partial charge in [0.2, 0.25) is 5.95 Å². The molecule has 2 aromatic rings. The number of hydrogen-bond donors (Lipinski definition) is 2. The van der Waals surface area contributed by atoms with Crippen LogP contribution in [0, 0.1) is 19.8 Å². The van der Waals surface area contributed by atoms with Crippen molar-refractivity contribution in [3.8, 4) is 0 Å². The number of benzene rings is 1. The van der Waals surface area contributed by atoms with Gasteiger partial charge < -0.3 is 15.5 Å². The average molecular weight is 394 g/mol. The summed E-state index contributed by atoms with van der Waals surface area (Å²) in [5.41, 5.74) is 3.31. The molecule has 0 unspecified atom stereocenters. The molecule has 1 aromatic heterocycles. The smallest absolute Gasteiger partial charge is 0.251 e. The van der Waals surface area contributed by atoms with Crippen molar-refractivity contribution in [3.63, 3.8) is 0 Å². The van der Waals surface area contributed by atoms with Crippen LogP contribution < -0.4 is 10.6 Å². The summed E-state index contributed by atoms with van der Waals surface area (Å²) in [5, 5.41) is 6.40. The molecule has 0 aliphatic carbocycles. The van der Waals surface area contributed by atoms with Crippen LogP contribution in [0.4, 0.5) is 11.6 Å². The Labute approximate surface area is 173 Å². The monoisotopic (exact) mass is 393 g/mol. The molecule has 2 saturated heterocycles. The van der Waals surface area contributed by atoms with E-state index >= 15 is 0 Å². The highest BCUT2D eigenvalue weighted by Crippen LogP contribution is 2.30. The van der Waals surface area contributed by atoms with Gasteiger partial charge >= 0.3 is 0 Å². The van der Waals surface area contributed by atoms with Gasteiger partial charge in [-0.25, -0.2) is 9.97 Å². The molecule has 3 heterocycles. The number of rotatable bonds is 5. The lowest BCUT2D eigenvalue weighted by Gasteiger charge is -2.44. The highest BCUT2D eigenvalue weighted by atomic mass is 16.1. The van der Waals surface area contributed by atoms with Crippen LogP contribution in [0.1, 0.15) is 53.8 Å². The third kappa shape index (κ3) is 4.93. The lowest BCUT2D eigenvalue weighted by Crippen LogP contribution is -2.51. The second-order valence-corrected chi connectivity index (χ2v) is 8.39. The zero-order valence-electron chi connectivity index (χ0n) is 17.4. The van der Waals surface area contributed by atoms with E-state index < -0.39 is 0 Å². The van der Waals surface area contributed by atoms with Crippen LogP contribution in [-0.4, -0.2) is 46.5 Å². The molecule has 2 aliphatic heterocycles. The van der Waals surface area contributed by atoms with E-state index in [1.165, 1.54) is 45.2 Å². The Morgan fingerprint density at radius 1 is 1.07 bits per heavy atom. The number of anilines is 2. The first-order valence-electron chi connectivity index (χ1n) is 10.8. The van der Waals surface area contributed by atoms with Crippen LogP contribution in [0.15, 0.2) is 30.3 Å². The number of nitrogens with zero attached hydrogens (tertiary/aromatic N) is 3. The number of carbonyl (C=O) groups excluding carboxylic acids is 1. The van der Waals surface area contributed by atoms with Crippen molar-refractivity contribution in [2.75, 3.05) is 25.0 Å². The zero-order chi connectivity index (χ0) is 20.2. The summed E-state index contributed by atoms with van der Waals surface area (Å²) in [5.74, 6) is 1.11. The van der Waals surface area contributed by atoms with Gasteiger partial charge in [0.05, 0.1) is 0 Å². The Hall–Kier alpha value is -2.47. The fraction of sp³-hybridized carbons (Fsp3) is 0.522. The molecule has 1 aromatic carbocycles. The zero-order valence-corrected chi connectivity index (χ0v) is 17.4. The van der Waals surface area contributed by atoms with E-state index in [-0.39, 0.29) is 5.91 Å². The number of nitrogens with one attached hydrogen (secondary N) is 2. The van der Waals surface area contributed by atoms with Gasteiger partial charge in [-0.15, -0.1) is 0 Å². The molecule has 0 bridgehead atoms. The molecule has 29 heavy (non-hydrogen) atoms. The van der Waals surface area contributed by atoms with Crippen molar-refractivity contribution in [3.05, 3.63) is 47.3 Å². The summed E-state index contributed by atoms with van der Waals surface area (Å²) in [4.78, 5) is 24.2. The molecule has 6 nitrogen and oxygen atoms in total.